The molecular formula is C17H24N4O2S. The molecule has 3 rings (SSSR count). The molecule has 1 amide bonds. The standard InChI is InChI=1S/C17H24N4O2S/c1-12(16(22)20(2)3)24-17-19-18-15(14-10-7-11-23-14)21(17)13-8-5-4-6-9-13/h7,10-13H,4-6,8-9H2,1-3H3. The van der Waals surface area contributed by atoms with Gasteiger partial charge in [-0.2, -0.15) is 0 Å². The van der Waals surface area contributed by atoms with Crippen molar-refractivity contribution in [2.45, 2.75) is 55.5 Å². The lowest BCUT2D eigenvalue weighted by atomic mass is 9.95. The maximum Gasteiger partial charge on any atom is 0.235 e. The molecule has 0 spiro atoms. The molecule has 2 heterocycles. The van der Waals surface area contributed by atoms with E-state index in [9.17, 15) is 4.79 Å². The van der Waals surface area contributed by atoms with Crippen LogP contribution in [-0.4, -0.2) is 44.9 Å². The first-order valence-corrected chi connectivity index (χ1v) is 9.32. The molecule has 24 heavy (non-hydrogen) atoms. The summed E-state index contributed by atoms with van der Waals surface area (Å²) in [5, 5.41) is 9.34. The number of thioether (sulfide) groups is 1. The lowest BCUT2D eigenvalue weighted by Crippen LogP contribution is -2.30. The fraction of sp³-hybridized carbons (Fsp3) is 0.588. The summed E-state index contributed by atoms with van der Waals surface area (Å²) in [7, 11) is 3.55. The number of aromatic nitrogens is 3. The molecule has 0 bridgehead atoms. The van der Waals surface area contributed by atoms with Crippen LogP contribution in [0, 0.1) is 0 Å². The summed E-state index contributed by atoms with van der Waals surface area (Å²) in [4.78, 5) is 13.8. The Morgan fingerprint density at radius 3 is 2.71 bits per heavy atom. The Morgan fingerprint density at radius 2 is 2.08 bits per heavy atom. The lowest BCUT2D eigenvalue weighted by Gasteiger charge is -2.26. The van der Waals surface area contributed by atoms with Crippen molar-refractivity contribution in [3.63, 3.8) is 0 Å². The highest BCUT2D eigenvalue weighted by atomic mass is 32.2. The summed E-state index contributed by atoms with van der Waals surface area (Å²) in [6, 6.07) is 4.14. The second-order valence-electron chi connectivity index (χ2n) is 6.44. The number of amides is 1. The van der Waals surface area contributed by atoms with E-state index >= 15 is 0 Å². The Hall–Kier alpha value is -1.76. The molecule has 0 saturated heterocycles. The third-order valence-corrected chi connectivity index (χ3v) is 5.46. The highest BCUT2D eigenvalue weighted by Crippen LogP contribution is 2.36. The van der Waals surface area contributed by atoms with Gasteiger partial charge in [-0.1, -0.05) is 31.0 Å². The number of carbonyl (C=O) groups is 1. The molecule has 0 N–H and O–H groups in total. The summed E-state index contributed by atoms with van der Waals surface area (Å²) in [5.41, 5.74) is 0. The third-order valence-electron chi connectivity index (χ3n) is 4.42. The molecule has 6 nitrogen and oxygen atoms in total. The van der Waals surface area contributed by atoms with Gasteiger partial charge >= 0.3 is 0 Å². The number of carbonyl (C=O) groups excluding carboxylic acids is 1. The molecule has 1 atom stereocenters. The van der Waals surface area contributed by atoms with Gasteiger partial charge in [0.1, 0.15) is 0 Å². The number of hydrogen-bond donors (Lipinski definition) is 0. The number of furan rings is 1. The molecule has 1 unspecified atom stereocenters. The summed E-state index contributed by atoms with van der Waals surface area (Å²) in [5.74, 6) is 1.57. The van der Waals surface area contributed by atoms with Crippen molar-refractivity contribution in [3.05, 3.63) is 18.4 Å². The highest BCUT2D eigenvalue weighted by Gasteiger charge is 2.27. The zero-order chi connectivity index (χ0) is 17.1. The lowest BCUT2D eigenvalue weighted by molar-refractivity contribution is -0.127. The first kappa shape index (κ1) is 17.1. The van der Waals surface area contributed by atoms with Crippen LogP contribution in [0.25, 0.3) is 11.6 Å². The van der Waals surface area contributed by atoms with Crippen molar-refractivity contribution < 1.29 is 9.21 Å². The minimum Gasteiger partial charge on any atom is -0.461 e. The third kappa shape index (κ3) is 3.50. The molecule has 1 aliphatic carbocycles. The first-order valence-electron chi connectivity index (χ1n) is 8.44. The second kappa shape index (κ2) is 7.42. The molecule has 7 heteroatoms. The van der Waals surface area contributed by atoms with Gasteiger partial charge in [0.15, 0.2) is 10.9 Å². The second-order valence-corrected chi connectivity index (χ2v) is 7.75. The molecule has 1 aliphatic rings. The van der Waals surface area contributed by atoms with Gasteiger partial charge in [0.25, 0.3) is 0 Å². The predicted molar refractivity (Wildman–Crippen MR) is 93.9 cm³/mol. The molecule has 0 aromatic carbocycles. The van der Waals surface area contributed by atoms with E-state index in [2.05, 4.69) is 14.8 Å². The van der Waals surface area contributed by atoms with E-state index in [0.29, 0.717) is 6.04 Å². The van der Waals surface area contributed by atoms with Crippen molar-refractivity contribution in [2.24, 2.45) is 0 Å². The Balaban J connectivity index is 1.92. The smallest absolute Gasteiger partial charge is 0.235 e. The van der Waals surface area contributed by atoms with E-state index < -0.39 is 0 Å². The van der Waals surface area contributed by atoms with Gasteiger partial charge in [-0.05, 0) is 31.9 Å². The van der Waals surface area contributed by atoms with Crippen LogP contribution in [0.3, 0.4) is 0 Å². The van der Waals surface area contributed by atoms with Crippen molar-refractivity contribution >= 4 is 17.7 Å². The van der Waals surface area contributed by atoms with Crippen molar-refractivity contribution in [1.29, 1.82) is 0 Å². The van der Waals surface area contributed by atoms with E-state index in [1.165, 1.54) is 31.0 Å². The molecule has 1 saturated carbocycles. The van der Waals surface area contributed by atoms with Crippen LogP contribution in [0.4, 0.5) is 0 Å². The van der Waals surface area contributed by atoms with E-state index in [4.69, 9.17) is 4.42 Å². The highest BCUT2D eigenvalue weighted by molar-refractivity contribution is 8.00. The molecule has 0 aliphatic heterocycles. The van der Waals surface area contributed by atoms with Crippen molar-refractivity contribution in [3.8, 4) is 11.6 Å². The fourth-order valence-corrected chi connectivity index (χ4v) is 4.24. The molecule has 2 aromatic heterocycles. The topological polar surface area (TPSA) is 64.2 Å². The predicted octanol–water partition coefficient (Wildman–Crippen LogP) is 3.61. The van der Waals surface area contributed by atoms with Gasteiger partial charge < -0.3 is 9.32 Å². The average molecular weight is 348 g/mol. The van der Waals surface area contributed by atoms with Crippen molar-refractivity contribution in [1.82, 2.24) is 19.7 Å². The van der Waals surface area contributed by atoms with Crippen LogP contribution in [-0.2, 0) is 4.79 Å². The van der Waals surface area contributed by atoms with Gasteiger partial charge in [-0.25, -0.2) is 0 Å². The normalized spacial score (nSPS) is 17.0. The van der Waals surface area contributed by atoms with E-state index in [1.807, 2.05) is 19.1 Å². The number of nitrogens with zero attached hydrogens (tertiary/aromatic N) is 4. The largest absolute Gasteiger partial charge is 0.461 e. The van der Waals surface area contributed by atoms with Gasteiger partial charge in [0, 0.05) is 20.1 Å². The minimum atomic E-state index is -0.198. The molecule has 2 aromatic rings. The summed E-state index contributed by atoms with van der Waals surface area (Å²) in [6.07, 6.45) is 7.62. The quantitative estimate of drug-likeness (QED) is 0.772. The average Bonchev–Trinajstić information content (AvgIpc) is 3.24. The Morgan fingerprint density at radius 1 is 1.33 bits per heavy atom. The SMILES string of the molecule is CC(Sc1nnc(-c2ccco2)n1C1CCCCC1)C(=O)N(C)C. The van der Waals surface area contributed by atoms with Crippen LogP contribution >= 0.6 is 11.8 Å². The molecule has 130 valence electrons. The maximum atomic E-state index is 12.2. The monoisotopic (exact) mass is 348 g/mol. The zero-order valence-electron chi connectivity index (χ0n) is 14.4. The molecule has 0 radical (unpaired) electrons. The Labute approximate surface area is 146 Å². The zero-order valence-corrected chi connectivity index (χ0v) is 15.3. The minimum absolute atomic E-state index is 0.0812. The summed E-state index contributed by atoms with van der Waals surface area (Å²) in [6.45, 7) is 1.92. The fourth-order valence-electron chi connectivity index (χ4n) is 3.17. The number of rotatable bonds is 5. The van der Waals surface area contributed by atoms with Crippen LogP contribution in [0.15, 0.2) is 28.0 Å². The van der Waals surface area contributed by atoms with Gasteiger partial charge in [0.05, 0.1) is 11.5 Å². The van der Waals surface area contributed by atoms with E-state index in [0.717, 1.165) is 29.6 Å². The summed E-state index contributed by atoms with van der Waals surface area (Å²) >= 11 is 1.47. The number of hydrogen-bond acceptors (Lipinski definition) is 5. The maximum absolute atomic E-state index is 12.2. The Bertz CT molecular complexity index is 675. The van der Waals surface area contributed by atoms with Crippen LogP contribution in [0.2, 0.25) is 0 Å². The van der Waals surface area contributed by atoms with Gasteiger partial charge in [-0.15, -0.1) is 10.2 Å². The molecule has 1 fully saturated rings. The van der Waals surface area contributed by atoms with Crippen molar-refractivity contribution in [2.75, 3.05) is 14.1 Å². The first-order chi connectivity index (χ1) is 11.6. The summed E-state index contributed by atoms with van der Waals surface area (Å²) < 4.78 is 7.73. The van der Waals surface area contributed by atoms with Gasteiger partial charge in [-0.3, -0.25) is 9.36 Å². The van der Waals surface area contributed by atoms with Crippen LogP contribution in [0.1, 0.15) is 45.1 Å². The van der Waals surface area contributed by atoms with Gasteiger partial charge in [0.2, 0.25) is 11.7 Å². The van der Waals surface area contributed by atoms with E-state index in [-0.39, 0.29) is 11.2 Å². The van der Waals surface area contributed by atoms with E-state index in [1.54, 1.807) is 25.3 Å². The Kier molecular flexibility index (Phi) is 5.28. The van der Waals surface area contributed by atoms with Crippen LogP contribution < -0.4 is 0 Å². The van der Waals surface area contributed by atoms with Crippen LogP contribution in [0.5, 0.6) is 0 Å². The molecular weight excluding hydrogens is 324 g/mol.